The molecule has 0 unspecified atom stereocenters. The lowest BCUT2D eigenvalue weighted by molar-refractivity contribution is 0.0824. The van der Waals surface area contributed by atoms with Gasteiger partial charge in [0.15, 0.2) is 0 Å². The summed E-state index contributed by atoms with van der Waals surface area (Å²) in [5.41, 5.74) is -0.158. The molecule has 3 nitrogen and oxygen atoms in total. The predicted octanol–water partition coefficient (Wildman–Crippen LogP) is 4.22. The summed E-state index contributed by atoms with van der Waals surface area (Å²) in [5, 5.41) is 2.88. The molecule has 1 fully saturated rings. The number of carbonyl (C=O) groups is 1. The van der Waals surface area contributed by atoms with Crippen molar-refractivity contribution in [2.75, 3.05) is 0 Å². The van der Waals surface area contributed by atoms with Crippen LogP contribution in [0.2, 0.25) is 0 Å². The molecule has 0 bridgehead atoms. The van der Waals surface area contributed by atoms with Gasteiger partial charge in [-0.15, -0.1) is 0 Å². The Morgan fingerprint density at radius 2 is 1.86 bits per heavy atom. The molecule has 4 heteroatoms. The molecular weight excluding hydrogens is 269 g/mol. The summed E-state index contributed by atoms with van der Waals surface area (Å²) < 4.78 is 19.1. The molecule has 1 N–H and O–H groups in total. The second-order valence-electron chi connectivity index (χ2n) is 6.32. The van der Waals surface area contributed by atoms with Gasteiger partial charge in [0.05, 0.1) is 0 Å². The zero-order valence-corrected chi connectivity index (χ0v) is 12.8. The van der Waals surface area contributed by atoms with E-state index in [1.165, 1.54) is 0 Å². The molecule has 21 heavy (non-hydrogen) atoms. The van der Waals surface area contributed by atoms with Gasteiger partial charge in [-0.05, 0) is 51.0 Å². The molecule has 0 radical (unpaired) electrons. The smallest absolute Gasteiger partial charge is 0.407 e. The molecule has 2 rings (SSSR count). The summed E-state index contributed by atoms with van der Waals surface area (Å²) in [4.78, 5) is 11.8. The minimum absolute atomic E-state index is 0.0934. The van der Waals surface area contributed by atoms with Gasteiger partial charge in [-0.2, -0.15) is 0 Å². The maximum absolute atomic E-state index is 13.9. The van der Waals surface area contributed by atoms with Crippen LogP contribution in [0.4, 0.5) is 9.18 Å². The summed E-state index contributed by atoms with van der Waals surface area (Å²) in [6.45, 7) is 3.55. The van der Waals surface area contributed by atoms with Gasteiger partial charge in [0.2, 0.25) is 0 Å². The molecule has 1 amide bonds. The Labute approximate surface area is 125 Å². The van der Waals surface area contributed by atoms with Crippen LogP contribution in [0.25, 0.3) is 0 Å². The summed E-state index contributed by atoms with van der Waals surface area (Å²) >= 11 is 0. The maximum atomic E-state index is 13.9. The second-order valence-corrected chi connectivity index (χ2v) is 6.32. The first kappa shape index (κ1) is 15.8. The molecule has 0 spiro atoms. The van der Waals surface area contributed by atoms with E-state index in [4.69, 9.17) is 4.74 Å². The summed E-state index contributed by atoms with van der Waals surface area (Å²) in [5.74, 6) is 0.0934. The van der Waals surface area contributed by atoms with E-state index >= 15 is 0 Å². The third-order valence-corrected chi connectivity index (χ3v) is 4.23. The molecule has 1 aliphatic carbocycles. The van der Waals surface area contributed by atoms with Crippen molar-refractivity contribution in [1.29, 1.82) is 0 Å². The van der Waals surface area contributed by atoms with Crippen molar-refractivity contribution >= 4 is 6.09 Å². The van der Waals surface area contributed by atoms with Gasteiger partial charge in [0.1, 0.15) is 12.3 Å². The van der Waals surface area contributed by atoms with Crippen LogP contribution < -0.4 is 5.32 Å². The van der Waals surface area contributed by atoms with Crippen molar-refractivity contribution in [1.82, 2.24) is 5.32 Å². The molecule has 116 valence electrons. The minimum Gasteiger partial charge on any atom is -0.445 e. The average Bonchev–Trinajstić information content (AvgIpc) is 2.46. The fourth-order valence-electron chi connectivity index (χ4n) is 2.86. The van der Waals surface area contributed by atoms with Crippen molar-refractivity contribution in [3.8, 4) is 0 Å². The summed E-state index contributed by atoms with van der Waals surface area (Å²) in [7, 11) is 0. The van der Waals surface area contributed by atoms with Crippen LogP contribution in [-0.4, -0.2) is 17.8 Å². The lowest BCUT2D eigenvalue weighted by Gasteiger charge is -2.34. The van der Waals surface area contributed by atoms with Crippen molar-refractivity contribution in [3.63, 3.8) is 0 Å². The third kappa shape index (κ3) is 5.03. The van der Waals surface area contributed by atoms with Crippen LogP contribution >= 0.6 is 0 Å². The van der Waals surface area contributed by atoms with Gasteiger partial charge in [0, 0.05) is 6.04 Å². The van der Waals surface area contributed by atoms with E-state index in [1.807, 2.05) is 30.3 Å². The zero-order valence-electron chi connectivity index (χ0n) is 12.8. The number of halogens is 1. The normalized spacial score (nSPS) is 22.6. The number of hydrogen-bond donors (Lipinski definition) is 1. The molecule has 0 aliphatic heterocycles. The Bertz CT molecular complexity index is 448. The number of nitrogens with one attached hydrogen (secondary N) is 1. The molecule has 1 aromatic rings. The Hall–Kier alpha value is -1.58. The third-order valence-electron chi connectivity index (χ3n) is 4.23. The number of ether oxygens (including phenoxy) is 1. The van der Waals surface area contributed by atoms with E-state index in [9.17, 15) is 9.18 Å². The Kier molecular flexibility index (Phi) is 5.21. The van der Waals surface area contributed by atoms with Crippen molar-refractivity contribution < 1.29 is 13.9 Å². The van der Waals surface area contributed by atoms with E-state index in [-0.39, 0.29) is 24.7 Å². The SMILES string of the molecule is CC(C)(F)C1CCC(NC(=O)OCc2ccccc2)CC1. The number of benzene rings is 1. The Morgan fingerprint density at radius 3 is 2.43 bits per heavy atom. The van der Waals surface area contributed by atoms with Crippen LogP contribution in [0.5, 0.6) is 0 Å². The van der Waals surface area contributed by atoms with Crippen LogP contribution in [-0.2, 0) is 11.3 Å². The monoisotopic (exact) mass is 293 g/mol. The van der Waals surface area contributed by atoms with Crippen LogP contribution in [0.15, 0.2) is 30.3 Å². The number of alkyl halides is 1. The lowest BCUT2D eigenvalue weighted by Crippen LogP contribution is -2.40. The van der Waals surface area contributed by atoms with Crippen molar-refractivity contribution in [3.05, 3.63) is 35.9 Å². The first-order valence-electron chi connectivity index (χ1n) is 7.61. The predicted molar refractivity (Wildman–Crippen MR) is 80.7 cm³/mol. The molecule has 0 atom stereocenters. The van der Waals surface area contributed by atoms with Gasteiger partial charge in [-0.25, -0.2) is 9.18 Å². The van der Waals surface area contributed by atoms with Crippen molar-refractivity contribution in [2.24, 2.45) is 5.92 Å². The standard InChI is InChI=1S/C17H24FNO2/c1-17(2,18)14-8-10-15(11-9-14)19-16(20)21-12-13-6-4-3-5-7-13/h3-7,14-15H,8-12H2,1-2H3,(H,19,20). The van der Waals surface area contributed by atoms with Gasteiger partial charge in [0.25, 0.3) is 0 Å². The van der Waals surface area contributed by atoms with E-state index in [0.717, 1.165) is 31.2 Å². The average molecular weight is 293 g/mol. The molecule has 1 aromatic carbocycles. The highest BCUT2D eigenvalue weighted by atomic mass is 19.1. The van der Waals surface area contributed by atoms with Crippen LogP contribution in [0.3, 0.4) is 0 Å². The fraction of sp³-hybridized carbons (Fsp3) is 0.588. The van der Waals surface area contributed by atoms with Gasteiger partial charge < -0.3 is 10.1 Å². The highest BCUT2D eigenvalue weighted by molar-refractivity contribution is 5.67. The Balaban J connectivity index is 1.70. The summed E-state index contributed by atoms with van der Waals surface area (Å²) in [6.07, 6.45) is 2.87. The van der Waals surface area contributed by atoms with E-state index < -0.39 is 5.67 Å². The quantitative estimate of drug-likeness (QED) is 0.902. The molecular formula is C17H24FNO2. The topological polar surface area (TPSA) is 38.3 Å². The molecule has 0 heterocycles. The van der Waals surface area contributed by atoms with E-state index in [1.54, 1.807) is 13.8 Å². The van der Waals surface area contributed by atoms with E-state index in [0.29, 0.717) is 0 Å². The number of alkyl carbamates (subject to hydrolysis) is 1. The largest absolute Gasteiger partial charge is 0.445 e. The van der Waals surface area contributed by atoms with Crippen molar-refractivity contribution in [2.45, 2.75) is 57.8 Å². The van der Waals surface area contributed by atoms with Gasteiger partial charge >= 0.3 is 6.09 Å². The number of rotatable bonds is 4. The molecule has 0 aromatic heterocycles. The highest BCUT2D eigenvalue weighted by Gasteiger charge is 2.33. The Morgan fingerprint density at radius 1 is 1.24 bits per heavy atom. The summed E-state index contributed by atoms with van der Waals surface area (Å²) in [6, 6.07) is 9.69. The minimum atomic E-state index is -1.13. The number of carbonyl (C=O) groups excluding carboxylic acids is 1. The first-order valence-corrected chi connectivity index (χ1v) is 7.61. The number of amides is 1. The maximum Gasteiger partial charge on any atom is 0.407 e. The van der Waals surface area contributed by atoms with Crippen LogP contribution in [0, 0.1) is 5.92 Å². The lowest BCUT2D eigenvalue weighted by atomic mass is 9.78. The number of hydrogen-bond acceptors (Lipinski definition) is 2. The van der Waals surface area contributed by atoms with Gasteiger partial charge in [-0.3, -0.25) is 0 Å². The molecule has 1 aliphatic rings. The zero-order chi connectivity index (χ0) is 15.3. The second kappa shape index (κ2) is 6.92. The van der Waals surface area contributed by atoms with Gasteiger partial charge in [-0.1, -0.05) is 30.3 Å². The first-order chi connectivity index (χ1) is 9.95. The fourth-order valence-corrected chi connectivity index (χ4v) is 2.86. The van der Waals surface area contributed by atoms with E-state index in [2.05, 4.69) is 5.32 Å². The molecule has 0 saturated heterocycles. The highest BCUT2D eigenvalue weighted by Crippen LogP contribution is 2.34. The van der Waals surface area contributed by atoms with Crippen LogP contribution in [0.1, 0.15) is 45.1 Å². The molecule has 1 saturated carbocycles.